The summed E-state index contributed by atoms with van der Waals surface area (Å²) in [5.41, 5.74) is 0.803. The molecule has 0 radical (unpaired) electrons. The van der Waals surface area contributed by atoms with Crippen LogP contribution in [0.25, 0.3) is 0 Å². The van der Waals surface area contributed by atoms with Crippen LogP contribution < -0.4 is 5.32 Å². The lowest BCUT2D eigenvalue weighted by Crippen LogP contribution is -2.00. The number of nitrogens with zero attached hydrogens (tertiary/aromatic N) is 1. The van der Waals surface area contributed by atoms with E-state index in [1.165, 1.54) is 31.2 Å². The maximum atomic E-state index is 11.3. The van der Waals surface area contributed by atoms with Crippen LogP contribution in [0.2, 0.25) is 10.0 Å². The summed E-state index contributed by atoms with van der Waals surface area (Å²) in [5.74, 6) is -0.242. The third-order valence-corrected chi connectivity index (χ3v) is 3.35. The van der Waals surface area contributed by atoms with Crippen molar-refractivity contribution in [1.82, 2.24) is 0 Å². The quantitative estimate of drug-likeness (QED) is 0.495. The van der Waals surface area contributed by atoms with Crippen LogP contribution in [0.5, 0.6) is 0 Å². The van der Waals surface area contributed by atoms with Gasteiger partial charge in [0.25, 0.3) is 5.69 Å². The van der Waals surface area contributed by atoms with Gasteiger partial charge in [-0.2, -0.15) is 0 Å². The molecule has 2 rings (SSSR count). The smallest absolute Gasteiger partial charge is 0.293 e. The normalized spacial score (nSPS) is 10.2. The van der Waals surface area contributed by atoms with E-state index in [2.05, 4.69) is 5.32 Å². The molecule has 0 spiro atoms. The molecule has 0 aliphatic heterocycles. The summed E-state index contributed by atoms with van der Waals surface area (Å²) in [4.78, 5) is 21.9. The van der Waals surface area contributed by atoms with E-state index in [9.17, 15) is 14.9 Å². The highest BCUT2D eigenvalue weighted by Gasteiger charge is 2.17. The van der Waals surface area contributed by atoms with E-state index in [0.717, 1.165) is 0 Å². The highest BCUT2D eigenvalue weighted by Crippen LogP contribution is 2.33. The van der Waals surface area contributed by atoms with Gasteiger partial charge in [0.2, 0.25) is 0 Å². The summed E-state index contributed by atoms with van der Waals surface area (Å²) >= 11 is 11.8. The number of rotatable bonds is 4. The summed E-state index contributed by atoms with van der Waals surface area (Å²) in [7, 11) is 0. The van der Waals surface area contributed by atoms with E-state index in [1.807, 2.05) is 0 Å². The van der Waals surface area contributed by atoms with Crippen LogP contribution in [0.1, 0.15) is 17.3 Å². The number of Topliss-reactive ketones (excluding diaryl/α,β-unsaturated/α-hetero) is 1. The van der Waals surface area contributed by atoms with Gasteiger partial charge in [-0.3, -0.25) is 14.9 Å². The Bertz CT molecular complexity index is 732. The molecule has 0 aromatic heterocycles. The molecule has 0 aliphatic rings. The zero-order valence-corrected chi connectivity index (χ0v) is 12.4. The number of ketones is 1. The van der Waals surface area contributed by atoms with Gasteiger partial charge in [-0.25, -0.2) is 0 Å². The molecule has 2 aromatic rings. The first kappa shape index (κ1) is 15.3. The number of anilines is 2. The number of hydrogen-bond donors (Lipinski definition) is 1. The van der Waals surface area contributed by atoms with Crippen LogP contribution in [0.15, 0.2) is 36.4 Å². The molecule has 5 nitrogen and oxygen atoms in total. The summed E-state index contributed by atoms with van der Waals surface area (Å²) in [6.45, 7) is 1.35. The Morgan fingerprint density at radius 3 is 2.38 bits per heavy atom. The lowest BCUT2D eigenvalue weighted by molar-refractivity contribution is -0.383. The number of nitrogens with one attached hydrogen (secondary N) is 1. The van der Waals surface area contributed by atoms with Crippen molar-refractivity contribution in [2.24, 2.45) is 0 Å². The molecule has 0 saturated heterocycles. The van der Waals surface area contributed by atoms with Crippen LogP contribution in [0, 0.1) is 10.1 Å². The van der Waals surface area contributed by atoms with Gasteiger partial charge in [0.1, 0.15) is 5.69 Å². The molecule has 108 valence electrons. The second-order valence-electron chi connectivity index (χ2n) is 4.29. The van der Waals surface area contributed by atoms with E-state index in [1.54, 1.807) is 12.1 Å². The highest BCUT2D eigenvalue weighted by atomic mass is 35.5. The third-order valence-electron chi connectivity index (χ3n) is 2.80. The Morgan fingerprint density at radius 1 is 1.14 bits per heavy atom. The number of halogens is 2. The molecule has 2 aromatic carbocycles. The van der Waals surface area contributed by atoms with Crippen molar-refractivity contribution in [2.75, 3.05) is 5.32 Å². The molecule has 0 fully saturated rings. The monoisotopic (exact) mass is 324 g/mol. The van der Waals surface area contributed by atoms with Gasteiger partial charge in [-0.05, 0) is 37.3 Å². The van der Waals surface area contributed by atoms with Crippen molar-refractivity contribution in [3.63, 3.8) is 0 Å². The minimum absolute atomic E-state index is 0.200. The predicted octanol–water partition coefficient (Wildman–Crippen LogP) is 4.85. The van der Waals surface area contributed by atoms with Crippen molar-refractivity contribution in [2.45, 2.75) is 6.92 Å². The van der Waals surface area contributed by atoms with E-state index < -0.39 is 4.92 Å². The summed E-state index contributed by atoms with van der Waals surface area (Å²) in [6.07, 6.45) is 0. The van der Waals surface area contributed by atoms with Gasteiger partial charge < -0.3 is 5.32 Å². The van der Waals surface area contributed by atoms with E-state index in [0.29, 0.717) is 15.7 Å². The standard InChI is InChI=1S/C14H10Cl2N2O3/c1-8(19)9-2-4-13(14(6-9)18(20)21)17-12-5-3-10(15)7-11(12)16/h2-7,17H,1H3. The third kappa shape index (κ3) is 3.51. The summed E-state index contributed by atoms with van der Waals surface area (Å²) < 4.78 is 0. The minimum atomic E-state index is -0.557. The van der Waals surface area contributed by atoms with Gasteiger partial charge in [0, 0.05) is 16.7 Å². The predicted molar refractivity (Wildman–Crippen MR) is 82.8 cm³/mol. The first-order chi connectivity index (χ1) is 9.88. The van der Waals surface area contributed by atoms with Crippen molar-refractivity contribution >= 4 is 46.0 Å². The Hall–Kier alpha value is -2.11. The number of hydrogen-bond acceptors (Lipinski definition) is 4. The molecule has 0 saturated carbocycles. The van der Waals surface area contributed by atoms with Gasteiger partial charge >= 0.3 is 0 Å². The molecule has 0 unspecified atom stereocenters. The Kier molecular flexibility index (Phi) is 4.45. The molecule has 0 atom stereocenters. The molecule has 1 N–H and O–H groups in total. The zero-order valence-electron chi connectivity index (χ0n) is 10.9. The number of nitro benzene ring substituents is 1. The van der Waals surface area contributed by atoms with Crippen LogP contribution >= 0.6 is 23.2 Å². The molecule has 0 aliphatic carbocycles. The lowest BCUT2D eigenvalue weighted by Gasteiger charge is -2.10. The zero-order chi connectivity index (χ0) is 15.6. The average Bonchev–Trinajstić information content (AvgIpc) is 2.41. The van der Waals surface area contributed by atoms with Crippen LogP contribution in [-0.2, 0) is 0 Å². The highest BCUT2D eigenvalue weighted by molar-refractivity contribution is 6.36. The second-order valence-corrected chi connectivity index (χ2v) is 5.14. The molecule has 0 amide bonds. The topological polar surface area (TPSA) is 72.2 Å². The molecular formula is C14H10Cl2N2O3. The number of carbonyl (C=O) groups is 1. The van der Waals surface area contributed by atoms with Crippen molar-refractivity contribution in [3.8, 4) is 0 Å². The van der Waals surface area contributed by atoms with Crippen LogP contribution in [0.4, 0.5) is 17.1 Å². The molecule has 0 bridgehead atoms. The molecule has 7 heteroatoms. The van der Waals surface area contributed by atoms with Crippen LogP contribution in [-0.4, -0.2) is 10.7 Å². The first-order valence-corrected chi connectivity index (χ1v) is 6.65. The number of nitro groups is 1. The fraction of sp³-hybridized carbons (Fsp3) is 0.0714. The van der Waals surface area contributed by atoms with Gasteiger partial charge in [0.05, 0.1) is 15.6 Å². The van der Waals surface area contributed by atoms with E-state index in [-0.39, 0.29) is 22.7 Å². The minimum Gasteiger partial charge on any atom is -0.349 e. The fourth-order valence-electron chi connectivity index (χ4n) is 1.74. The largest absolute Gasteiger partial charge is 0.349 e. The molecule has 0 heterocycles. The van der Waals surface area contributed by atoms with Crippen molar-refractivity contribution < 1.29 is 9.72 Å². The maximum absolute atomic E-state index is 11.3. The SMILES string of the molecule is CC(=O)c1ccc(Nc2ccc(Cl)cc2Cl)c([N+](=O)[O-])c1. The van der Waals surface area contributed by atoms with Crippen LogP contribution in [0.3, 0.4) is 0 Å². The summed E-state index contributed by atoms with van der Waals surface area (Å²) in [5, 5.41) is 14.8. The Labute approximate surface area is 130 Å². The Morgan fingerprint density at radius 2 is 1.81 bits per heavy atom. The fourth-order valence-corrected chi connectivity index (χ4v) is 2.20. The lowest BCUT2D eigenvalue weighted by atomic mass is 10.1. The molecule has 21 heavy (non-hydrogen) atoms. The van der Waals surface area contributed by atoms with Crippen molar-refractivity contribution in [3.05, 3.63) is 62.1 Å². The van der Waals surface area contributed by atoms with Gasteiger partial charge in [0.15, 0.2) is 5.78 Å². The summed E-state index contributed by atoms with van der Waals surface area (Å²) in [6, 6.07) is 8.98. The van der Waals surface area contributed by atoms with Gasteiger partial charge in [-0.1, -0.05) is 23.2 Å². The van der Waals surface area contributed by atoms with Gasteiger partial charge in [-0.15, -0.1) is 0 Å². The number of benzene rings is 2. The van der Waals surface area contributed by atoms with E-state index >= 15 is 0 Å². The number of carbonyl (C=O) groups excluding carboxylic acids is 1. The maximum Gasteiger partial charge on any atom is 0.293 e. The average molecular weight is 325 g/mol. The van der Waals surface area contributed by atoms with Crippen molar-refractivity contribution in [1.29, 1.82) is 0 Å². The Balaban J connectivity index is 2.44. The first-order valence-electron chi connectivity index (χ1n) is 5.90. The molecular weight excluding hydrogens is 315 g/mol. The van der Waals surface area contributed by atoms with E-state index in [4.69, 9.17) is 23.2 Å². The second kappa shape index (κ2) is 6.11.